The number of nitrogens with zero attached hydrogens (tertiary/aromatic N) is 2. The Bertz CT molecular complexity index is 560. The highest BCUT2D eigenvalue weighted by atomic mass is 16.3. The van der Waals surface area contributed by atoms with Crippen LogP contribution in [0.3, 0.4) is 0 Å². The highest BCUT2D eigenvalue weighted by Crippen LogP contribution is 2.37. The predicted molar refractivity (Wildman–Crippen MR) is 75.1 cm³/mol. The number of anilines is 1. The summed E-state index contributed by atoms with van der Waals surface area (Å²) in [6, 6.07) is 8.59. The number of aliphatic hydroxyl groups excluding tert-OH is 1. The number of para-hydroxylation sites is 1. The van der Waals surface area contributed by atoms with Gasteiger partial charge >= 0.3 is 0 Å². The summed E-state index contributed by atoms with van der Waals surface area (Å²) in [4.78, 5) is 4.23. The van der Waals surface area contributed by atoms with Gasteiger partial charge in [0.2, 0.25) is 0 Å². The van der Waals surface area contributed by atoms with Crippen LogP contribution >= 0.6 is 0 Å². The Labute approximate surface area is 113 Å². The van der Waals surface area contributed by atoms with Crippen molar-refractivity contribution >= 4 is 5.69 Å². The second kappa shape index (κ2) is 5.05. The van der Waals surface area contributed by atoms with Crippen LogP contribution in [0.15, 0.2) is 36.8 Å². The molecule has 4 nitrogen and oxygen atoms in total. The molecule has 1 unspecified atom stereocenters. The van der Waals surface area contributed by atoms with Crippen molar-refractivity contribution in [3.63, 3.8) is 0 Å². The van der Waals surface area contributed by atoms with Crippen molar-refractivity contribution < 1.29 is 5.11 Å². The number of aliphatic hydroxyl groups is 1. The van der Waals surface area contributed by atoms with Gasteiger partial charge in [0.05, 0.1) is 30.9 Å². The van der Waals surface area contributed by atoms with E-state index in [0.29, 0.717) is 6.04 Å². The molecule has 1 heterocycles. The van der Waals surface area contributed by atoms with Crippen LogP contribution in [0.5, 0.6) is 0 Å². The molecule has 2 N–H and O–H groups in total. The second-order valence-corrected chi connectivity index (χ2v) is 5.15. The first kappa shape index (κ1) is 12.2. The maximum absolute atomic E-state index is 9.67. The first-order valence-electron chi connectivity index (χ1n) is 6.74. The number of rotatable bonds is 5. The summed E-state index contributed by atoms with van der Waals surface area (Å²) >= 11 is 0. The maximum Gasteiger partial charge on any atom is 0.0951 e. The lowest BCUT2D eigenvalue weighted by molar-refractivity contribution is 0.272. The van der Waals surface area contributed by atoms with E-state index in [1.807, 2.05) is 30.7 Å². The molecule has 0 radical (unpaired) electrons. The molecule has 0 aliphatic heterocycles. The van der Waals surface area contributed by atoms with Crippen molar-refractivity contribution in [3.8, 4) is 0 Å². The minimum Gasteiger partial charge on any atom is -0.394 e. The van der Waals surface area contributed by atoms with Crippen LogP contribution in [0.25, 0.3) is 0 Å². The quantitative estimate of drug-likeness (QED) is 0.865. The molecule has 1 aromatic heterocycles. The lowest BCUT2D eigenvalue weighted by atomic mass is 10.1. The average Bonchev–Trinajstić information content (AvgIpc) is 3.16. The lowest BCUT2D eigenvalue weighted by Gasteiger charge is -2.20. The fourth-order valence-electron chi connectivity index (χ4n) is 2.38. The second-order valence-electron chi connectivity index (χ2n) is 5.15. The van der Waals surface area contributed by atoms with Gasteiger partial charge in [-0.2, -0.15) is 0 Å². The Balaban J connectivity index is 1.84. The van der Waals surface area contributed by atoms with Gasteiger partial charge in [0.25, 0.3) is 0 Å². The van der Waals surface area contributed by atoms with Crippen molar-refractivity contribution in [1.82, 2.24) is 9.55 Å². The predicted octanol–water partition coefficient (Wildman–Crippen LogP) is 2.67. The van der Waals surface area contributed by atoms with Crippen LogP contribution < -0.4 is 5.32 Å². The number of aromatic nitrogens is 2. The number of hydrogen-bond donors (Lipinski definition) is 2. The molecule has 100 valence electrons. The zero-order valence-corrected chi connectivity index (χ0v) is 11.1. The van der Waals surface area contributed by atoms with Gasteiger partial charge in [-0.25, -0.2) is 4.98 Å². The van der Waals surface area contributed by atoms with Gasteiger partial charge in [-0.1, -0.05) is 18.2 Å². The van der Waals surface area contributed by atoms with Crippen LogP contribution in [0.2, 0.25) is 0 Å². The summed E-state index contributed by atoms with van der Waals surface area (Å²) in [6.07, 6.45) is 6.15. The zero-order chi connectivity index (χ0) is 13.2. The van der Waals surface area contributed by atoms with Crippen molar-refractivity contribution in [2.75, 3.05) is 11.9 Å². The van der Waals surface area contributed by atoms with Crippen molar-refractivity contribution in [3.05, 3.63) is 48.0 Å². The minimum atomic E-state index is -0.107. The van der Waals surface area contributed by atoms with Gasteiger partial charge in [-0.15, -0.1) is 0 Å². The summed E-state index contributed by atoms with van der Waals surface area (Å²) in [5, 5.41) is 13.1. The molecule has 1 aromatic carbocycles. The number of hydrogen-bond acceptors (Lipinski definition) is 3. The monoisotopic (exact) mass is 257 g/mol. The molecular weight excluding hydrogens is 238 g/mol. The Hall–Kier alpha value is -1.81. The molecular formula is C15H19N3O. The normalized spacial score (nSPS) is 16.3. The molecule has 0 spiro atoms. The van der Waals surface area contributed by atoms with E-state index in [1.165, 1.54) is 18.4 Å². The SMILES string of the molecule is Cc1ccccc1NC(CO)c1cncn1C1CC1. The molecule has 4 heteroatoms. The van der Waals surface area contributed by atoms with Crippen LogP contribution in [-0.2, 0) is 0 Å². The number of imidazole rings is 1. The van der Waals surface area contributed by atoms with E-state index in [1.54, 1.807) is 0 Å². The van der Waals surface area contributed by atoms with E-state index in [9.17, 15) is 5.11 Å². The molecule has 0 amide bonds. The van der Waals surface area contributed by atoms with E-state index in [-0.39, 0.29) is 12.6 Å². The Morgan fingerprint density at radius 2 is 2.21 bits per heavy atom. The summed E-state index contributed by atoms with van der Waals surface area (Å²) in [6.45, 7) is 2.13. The highest BCUT2D eigenvalue weighted by molar-refractivity contribution is 5.51. The largest absolute Gasteiger partial charge is 0.394 e. The van der Waals surface area contributed by atoms with Crippen LogP contribution in [0.1, 0.15) is 36.2 Å². The third-order valence-electron chi connectivity index (χ3n) is 3.65. The lowest BCUT2D eigenvalue weighted by Crippen LogP contribution is -2.18. The van der Waals surface area contributed by atoms with E-state index in [4.69, 9.17) is 0 Å². The summed E-state index contributed by atoms with van der Waals surface area (Å²) in [5.74, 6) is 0. The molecule has 1 aliphatic carbocycles. The van der Waals surface area contributed by atoms with Gasteiger partial charge in [-0.05, 0) is 31.4 Å². The van der Waals surface area contributed by atoms with E-state index < -0.39 is 0 Å². The van der Waals surface area contributed by atoms with Gasteiger partial charge < -0.3 is 15.0 Å². The summed E-state index contributed by atoms with van der Waals surface area (Å²) in [7, 11) is 0. The fraction of sp³-hybridized carbons (Fsp3) is 0.400. The van der Waals surface area contributed by atoms with E-state index in [0.717, 1.165) is 11.4 Å². The smallest absolute Gasteiger partial charge is 0.0951 e. The number of benzene rings is 1. The van der Waals surface area contributed by atoms with Gasteiger partial charge in [-0.3, -0.25) is 0 Å². The fourth-order valence-corrected chi connectivity index (χ4v) is 2.38. The number of aryl methyl sites for hydroxylation is 1. The zero-order valence-electron chi connectivity index (χ0n) is 11.1. The Morgan fingerprint density at radius 1 is 1.42 bits per heavy atom. The molecule has 0 saturated heterocycles. The number of nitrogens with one attached hydrogen (secondary N) is 1. The molecule has 2 aromatic rings. The summed E-state index contributed by atoms with van der Waals surface area (Å²) < 4.78 is 2.19. The topological polar surface area (TPSA) is 50.1 Å². The third kappa shape index (κ3) is 2.49. The van der Waals surface area contributed by atoms with E-state index in [2.05, 4.69) is 27.9 Å². The first-order chi connectivity index (χ1) is 9.29. The first-order valence-corrected chi connectivity index (χ1v) is 6.74. The Kier molecular flexibility index (Phi) is 3.25. The molecule has 1 saturated carbocycles. The molecule has 19 heavy (non-hydrogen) atoms. The molecule has 3 rings (SSSR count). The standard InChI is InChI=1S/C15H19N3O/c1-11-4-2-3-5-13(11)17-14(9-19)15-8-16-10-18(15)12-6-7-12/h2-5,8,10,12,14,17,19H,6-7,9H2,1H3. The van der Waals surface area contributed by atoms with Gasteiger partial charge in [0, 0.05) is 11.7 Å². The Morgan fingerprint density at radius 3 is 2.89 bits per heavy atom. The molecule has 1 atom stereocenters. The minimum absolute atomic E-state index is 0.0622. The van der Waals surface area contributed by atoms with E-state index >= 15 is 0 Å². The average molecular weight is 257 g/mol. The molecule has 0 bridgehead atoms. The van der Waals surface area contributed by atoms with Gasteiger partial charge in [0.1, 0.15) is 0 Å². The van der Waals surface area contributed by atoms with Crippen molar-refractivity contribution in [1.29, 1.82) is 0 Å². The van der Waals surface area contributed by atoms with Crippen molar-refractivity contribution in [2.45, 2.75) is 31.8 Å². The van der Waals surface area contributed by atoms with Crippen LogP contribution in [0, 0.1) is 6.92 Å². The van der Waals surface area contributed by atoms with Gasteiger partial charge in [0.15, 0.2) is 0 Å². The maximum atomic E-state index is 9.67. The van der Waals surface area contributed by atoms with Crippen LogP contribution in [-0.4, -0.2) is 21.3 Å². The third-order valence-corrected chi connectivity index (χ3v) is 3.65. The highest BCUT2D eigenvalue weighted by Gasteiger charge is 2.27. The molecule has 1 fully saturated rings. The molecule has 1 aliphatic rings. The van der Waals surface area contributed by atoms with Crippen LogP contribution in [0.4, 0.5) is 5.69 Å². The summed E-state index contributed by atoms with van der Waals surface area (Å²) in [5.41, 5.74) is 3.30. The van der Waals surface area contributed by atoms with Crippen molar-refractivity contribution in [2.24, 2.45) is 0 Å².